The lowest BCUT2D eigenvalue weighted by Gasteiger charge is -1.69. The van der Waals surface area contributed by atoms with E-state index in [4.69, 9.17) is 0 Å². The van der Waals surface area contributed by atoms with E-state index in [1.807, 2.05) is 26.0 Å². The van der Waals surface area contributed by atoms with Gasteiger partial charge < -0.3 is 0 Å². The minimum Gasteiger partial charge on any atom is -0.263 e. The van der Waals surface area contributed by atoms with E-state index < -0.39 is 0 Å². The molecule has 0 unspecified atom stereocenters. The van der Waals surface area contributed by atoms with Gasteiger partial charge in [0.25, 0.3) is 0 Å². The summed E-state index contributed by atoms with van der Waals surface area (Å²) in [6.07, 6.45) is 6.40. The van der Waals surface area contributed by atoms with Crippen molar-refractivity contribution in [3.8, 4) is 0 Å². The van der Waals surface area contributed by atoms with Crippen molar-refractivity contribution < 1.29 is 0 Å². The normalized spacial score (nSPS) is 7.17. The molecule has 1 aromatic heterocycles. The number of nitrogens with zero attached hydrogens (tertiary/aromatic N) is 3. The molecule has 3 nitrogen and oxygen atoms in total. The molecule has 1 aromatic rings. The van der Waals surface area contributed by atoms with Crippen molar-refractivity contribution in [3.05, 3.63) is 43.0 Å². The summed E-state index contributed by atoms with van der Waals surface area (Å²) in [4.78, 5) is 3.85. The van der Waals surface area contributed by atoms with Gasteiger partial charge in [-0.2, -0.15) is 10.2 Å². The molecule has 64 valence electrons. The van der Waals surface area contributed by atoms with Gasteiger partial charge in [-0.1, -0.05) is 19.9 Å². The number of hydrogen-bond acceptors (Lipinski definition) is 3. The van der Waals surface area contributed by atoms with Gasteiger partial charge in [0.05, 0.1) is 6.20 Å². The highest BCUT2D eigenvalue weighted by Crippen LogP contribution is 1.70. The maximum absolute atomic E-state index is 3.85. The van der Waals surface area contributed by atoms with E-state index in [-0.39, 0.29) is 0 Å². The van der Waals surface area contributed by atoms with Crippen LogP contribution in [-0.4, -0.2) is 15.2 Å². The molecule has 1 heterocycles. The van der Waals surface area contributed by atoms with E-state index in [2.05, 4.69) is 15.2 Å². The van der Waals surface area contributed by atoms with Gasteiger partial charge in [-0.3, -0.25) is 4.98 Å². The summed E-state index contributed by atoms with van der Waals surface area (Å²) in [5, 5.41) is 7.31. The average Bonchev–Trinajstić information content (AvgIpc) is 2.18. The van der Waals surface area contributed by atoms with Crippen LogP contribution in [0.15, 0.2) is 43.0 Å². The van der Waals surface area contributed by atoms with Crippen LogP contribution in [0.25, 0.3) is 0 Å². The second-order valence-corrected chi connectivity index (χ2v) is 1.55. The Bertz CT molecular complexity index is 149. The third-order valence-electron chi connectivity index (χ3n) is 0.833. The van der Waals surface area contributed by atoms with Crippen molar-refractivity contribution in [1.29, 1.82) is 0 Å². The summed E-state index contributed by atoms with van der Waals surface area (Å²) in [6, 6.07) is 5.44. The van der Waals surface area contributed by atoms with E-state index in [1.54, 1.807) is 24.7 Å². The summed E-state index contributed by atoms with van der Waals surface area (Å²) in [5.74, 6) is 0. The fourth-order valence-electron chi connectivity index (χ4n) is 0.447. The maximum Gasteiger partial charge on any atom is 0.0678 e. The van der Waals surface area contributed by atoms with Gasteiger partial charge in [0.15, 0.2) is 0 Å². The average molecular weight is 163 g/mol. The van der Waals surface area contributed by atoms with E-state index >= 15 is 0 Å². The third-order valence-corrected chi connectivity index (χ3v) is 0.833. The molecule has 12 heavy (non-hydrogen) atoms. The topological polar surface area (TPSA) is 38.7 Å². The highest BCUT2D eigenvalue weighted by atomic mass is 15.1. The first-order valence-corrected chi connectivity index (χ1v) is 3.90. The standard InChI is InChI=1S/C7H7N3.C2H6/c1-2-4-8-6-7-10-9-5-3-1;1-2/h1-7H;1-2H3. The smallest absolute Gasteiger partial charge is 0.0678 e. The van der Waals surface area contributed by atoms with Crippen LogP contribution in [0.2, 0.25) is 0 Å². The van der Waals surface area contributed by atoms with Crippen molar-refractivity contribution in [2.45, 2.75) is 13.8 Å². The molecule has 3 heteroatoms. The van der Waals surface area contributed by atoms with Gasteiger partial charge in [-0.15, -0.1) is 0 Å². The predicted octanol–water partition coefficient (Wildman–Crippen LogP) is 2.02. The SMILES string of the molecule is CC.c1ccnccnncc1. The second-order valence-electron chi connectivity index (χ2n) is 1.55. The van der Waals surface area contributed by atoms with Gasteiger partial charge in [0.1, 0.15) is 0 Å². The van der Waals surface area contributed by atoms with Gasteiger partial charge in [0.2, 0.25) is 0 Å². The monoisotopic (exact) mass is 163 g/mol. The molecule has 0 aromatic carbocycles. The van der Waals surface area contributed by atoms with E-state index in [0.717, 1.165) is 0 Å². The lowest BCUT2D eigenvalue weighted by molar-refractivity contribution is 1.04. The molecule has 0 aliphatic rings. The summed E-state index contributed by atoms with van der Waals surface area (Å²) in [7, 11) is 0. The highest BCUT2D eigenvalue weighted by molar-refractivity contribution is 4.84. The molecule has 0 radical (unpaired) electrons. The highest BCUT2D eigenvalue weighted by Gasteiger charge is 1.59. The first kappa shape index (κ1) is 10.5. The largest absolute Gasteiger partial charge is 0.263 e. The number of hydrogen-bond donors (Lipinski definition) is 0. The Balaban J connectivity index is 0.000000561. The van der Waals surface area contributed by atoms with Crippen LogP contribution >= 0.6 is 0 Å². The van der Waals surface area contributed by atoms with Gasteiger partial charge >= 0.3 is 0 Å². The van der Waals surface area contributed by atoms with Crippen LogP contribution in [0.4, 0.5) is 0 Å². The zero-order chi connectivity index (χ0) is 9.07. The Morgan fingerprint density at radius 1 is 0.667 bits per heavy atom. The third kappa shape index (κ3) is 6.61. The molecular formula is C9H13N3. The molecule has 0 aliphatic carbocycles. The van der Waals surface area contributed by atoms with Gasteiger partial charge in [-0.25, -0.2) is 0 Å². The lowest BCUT2D eigenvalue weighted by atomic mass is 10.6. The minimum atomic E-state index is 1.53. The first-order chi connectivity index (χ1) is 6.00. The van der Waals surface area contributed by atoms with Crippen LogP contribution in [0.1, 0.15) is 13.8 Å². The van der Waals surface area contributed by atoms with Crippen LogP contribution in [0.5, 0.6) is 0 Å². The van der Waals surface area contributed by atoms with Crippen LogP contribution < -0.4 is 0 Å². The summed E-state index contributed by atoms with van der Waals surface area (Å²) in [6.45, 7) is 4.00. The number of aromatic nitrogens is 3. The van der Waals surface area contributed by atoms with Crippen LogP contribution in [0, 0.1) is 0 Å². The maximum atomic E-state index is 3.85. The quantitative estimate of drug-likeness (QED) is 0.587. The fraction of sp³-hybridized carbons (Fsp3) is 0.222. The molecule has 0 spiro atoms. The Morgan fingerprint density at radius 2 is 1.33 bits per heavy atom. The van der Waals surface area contributed by atoms with Crippen molar-refractivity contribution in [3.63, 3.8) is 0 Å². The van der Waals surface area contributed by atoms with Crippen LogP contribution in [-0.2, 0) is 0 Å². The van der Waals surface area contributed by atoms with Gasteiger partial charge in [-0.05, 0) is 12.1 Å². The first-order valence-electron chi connectivity index (χ1n) is 3.90. The minimum absolute atomic E-state index is 1.53. The van der Waals surface area contributed by atoms with Crippen molar-refractivity contribution >= 4 is 0 Å². The lowest BCUT2D eigenvalue weighted by Crippen LogP contribution is -1.68. The molecule has 1 rings (SSSR count). The molecular weight excluding hydrogens is 150 g/mol. The van der Waals surface area contributed by atoms with Crippen molar-refractivity contribution in [2.24, 2.45) is 0 Å². The molecule has 0 fully saturated rings. The predicted molar refractivity (Wildman–Crippen MR) is 48.8 cm³/mol. The number of rotatable bonds is 0. The second kappa shape index (κ2) is 9.49. The van der Waals surface area contributed by atoms with Crippen LogP contribution in [0.3, 0.4) is 0 Å². The van der Waals surface area contributed by atoms with E-state index in [0.29, 0.717) is 0 Å². The summed E-state index contributed by atoms with van der Waals surface area (Å²) < 4.78 is 0. The van der Waals surface area contributed by atoms with E-state index in [1.165, 1.54) is 6.20 Å². The molecule has 0 aliphatic heterocycles. The summed E-state index contributed by atoms with van der Waals surface area (Å²) >= 11 is 0. The Labute approximate surface area is 72.8 Å². The Morgan fingerprint density at radius 3 is 2.17 bits per heavy atom. The molecule has 0 saturated carbocycles. The molecule has 0 amide bonds. The summed E-state index contributed by atoms with van der Waals surface area (Å²) in [5.41, 5.74) is 0. The Kier molecular flexibility index (Phi) is 8.30. The molecule has 0 atom stereocenters. The molecule has 0 saturated heterocycles. The van der Waals surface area contributed by atoms with Crippen molar-refractivity contribution in [2.75, 3.05) is 0 Å². The fourth-order valence-corrected chi connectivity index (χ4v) is 0.447. The molecule has 0 N–H and O–H groups in total. The van der Waals surface area contributed by atoms with E-state index in [9.17, 15) is 0 Å². The van der Waals surface area contributed by atoms with Gasteiger partial charge in [0, 0.05) is 18.6 Å². The zero-order valence-electron chi connectivity index (χ0n) is 7.38. The van der Waals surface area contributed by atoms with Crippen molar-refractivity contribution in [1.82, 2.24) is 15.2 Å². The Hall–Kier alpha value is -1.51. The zero-order valence-corrected chi connectivity index (χ0v) is 7.38. The molecule has 0 bridgehead atoms.